The molecule has 0 N–H and O–H groups in total. The quantitative estimate of drug-likeness (QED) is 0.582. The van der Waals surface area contributed by atoms with E-state index in [0.29, 0.717) is 23.2 Å². The Labute approximate surface area is 80.5 Å². The number of rotatable bonds is 0. The minimum atomic E-state index is 0.0109. The Morgan fingerprint density at radius 1 is 1.46 bits per heavy atom. The molecule has 0 bridgehead atoms. The van der Waals surface area contributed by atoms with Crippen molar-refractivity contribution < 1.29 is 4.79 Å². The number of amides is 1. The van der Waals surface area contributed by atoms with Crippen molar-refractivity contribution >= 4 is 23.3 Å². The molecule has 1 aromatic rings. The number of aromatic nitrogens is 2. The number of carbonyl (C=O) groups is 1. The zero-order valence-corrected chi connectivity index (χ0v) is 8.09. The zero-order chi connectivity index (χ0) is 9.59. The zero-order valence-electron chi connectivity index (χ0n) is 7.33. The van der Waals surface area contributed by atoms with Crippen LogP contribution in [0, 0.1) is 6.92 Å². The van der Waals surface area contributed by atoms with Gasteiger partial charge < -0.3 is 0 Å². The lowest BCUT2D eigenvalue weighted by Crippen LogP contribution is -2.21. The SMILES string of the molecule is Cc1nc(Cl)c2c(n1)N(C)C(=O)C2. The predicted molar refractivity (Wildman–Crippen MR) is 48.9 cm³/mol. The van der Waals surface area contributed by atoms with Gasteiger partial charge in [-0.05, 0) is 6.92 Å². The second-order valence-corrected chi connectivity index (χ2v) is 3.35. The van der Waals surface area contributed by atoms with Gasteiger partial charge >= 0.3 is 0 Å². The standard InChI is InChI=1S/C8H8ClN3O/c1-4-10-7(9)5-3-6(13)12(2)8(5)11-4/h3H2,1-2H3. The number of fused-ring (bicyclic) bond motifs is 1. The lowest BCUT2D eigenvalue weighted by molar-refractivity contribution is -0.117. The van der Waals surface area contributed by atoms with Crippen molar-refractivity contribution in [3.8, 4) is 0 Å². The summed E-state index contributed by atoms with van der Waals surface area (Å²) in [7, 11) is 1.69. The first-order chi connectivity index (χ1) is 6.09. The molecule has 1 aliphatic heterocycles. The second-order valence-electron chi connectivity index (χ2n) is 2.99. The molecule has 0 spiro atoms. The van der Waals surface area contributed by atoms with Crippen LogP contribution in [-0.4, -0.2) is 22.9 Å². The van der Waals surface area contributed by atoms with Gasteiger partial charge in [0.1, 0.15) is 16.8 Å². The van der Waals surface area contributed by atoms with E-state index in [4.69, 9.17) is 11.6 Å². The van der Waals surface area contributed by atoms with Crippen molar-refractivity contribution in [2.75, 3.05) is 11.9 Å². The van der Waals surface area contributed by atoms with Gasteiger partial charge in [0.05, 0.1) is 6.42 Å². The number of anilines is 1. The third kappa shape index (κ3) is 1.18. The lowest BCUT2D eigenvalue weighted by Gasteiger charge is -2.08. The maximum Gasteiger partial charge on any atom is 0.232 e. The Kier molecular flexibility index (Phi) is 1.73. The monoisotopic (exact) mass is 197 g/mol. The number of aryl methyl sites for hydroxylation is 1. The van der Waals surface area contributed by atoms with Gasteiger partial charge in [-0.15, -0.1) is 0 Å². The van der Waals surface area contributed by atoms with Crippen LogP contribution in [0.2, 0.25) is 5.15 Å². The highest BCUT2D eigenvalue weighted by molar-refractivity contribution is 6.31. The molecule has 68 valence electrons. The predicted octanol–water partition coefficient (Wildman–Crippen LogP) is 0.957. The highest BCUT2D eigenvalue weighted by Gasteiger charge is 2.28. The maximum absolute atomic E-state index is 11.3. The average Bonchev–Trinajstić information content (AvgIpc) is 2.32. The first-order valence-corrected chi connectivity index (χ1v) is 4.27. The van der Waals surface area contributed by atoms with E-state index in [1.54, 1.807) is 14.0 Å². The highest BCUT2D eigenvalue weighted by atomic mass is 35.5. The first kappa shape index (κ1) is 8.44. The van der Waals surface area contributed by atoms with Crippen molar-refractivity contribution in [3.05, 3.63) is 16.5 Å². The third-order valence-electron chi connectivity index (χ3n) is 2.07. The third-order valence-corrected chi connectivity index (χ3v) is 2.38. The molecule has 0 fully saturated rings. The van der Waals surface area contributed by atoms with Crippen LogP contribution in [0.4, 0.5) is 5.82 Å². The summed E-state index contributed by atoms with van der Waals surface area (Å²) < 4.78 is 0. The smallest absolute Gasteiger partial charge is 0.232 e. The molecule has 1 aromatic heterocycles. The Balaban J connectivity index is 2.63. The van der Waals surface area contributed by atoms with Crippen molar-refractivity contribution in [3.63, 3.8) is 0 Å². The summed E-state index contributed by atoms with van der Waals surface area (Å²) in [5.41, 5.74) is 0.736. The van der Waals surface area contributed by atoms with Gasteiger partial charge in [0, 0.05) is 12.6 Å². The molecule has 2 heterocycles. The number of hydrogen-bond donors (Lipinski definition) is 0. The summed E-state index contributed by atoms with van der Waals surface area (Å²) in [4.78, 5) is 20.9. The molecule has 1 amide bonds. The van der Waals surface area contributed by atoms with E-state index in [1.165, 1.54) is 4.90 Å². The van der Waals surface area contributed by atoms with E-state index >= 15 is 0 Å². The van der Waals surface area contributed by atoms with Gasteiger partial charge in [0.2, 0.25) is 5.91 Å². The average molecular weight is 198 g/mol. The molecule has 2 rings (SSSR count). The summed E-state index contributed by atoms with van der Waals surface area (Å²) in [6, 6.07) is 0. The fraction of sp³-hybridized carbons (Fsp3) is 0.375. The fourth-order valence-corrected chi connectivity index (χ4v) is 1.64. The molecule has 13 heavy (non-hydrogen) atoms. The normalized spacial score (nSPS) is 15.0. The van der Waals surface area contributed by atoms with E-state index in [2.05, 4.69) is 9.97 Å². The topological polar surface area (TPSA) is 46.1 Å². The summed E-state index contributed by atoms with van der Waals surface area (Å²) in [5, 5.41) is 0.389. The Bertz CT molecular complexity index is 391. The van der Waals surface area contributed by atoms with Crippen LogP contribution in [0.25, 0.3) is 0 Å². The van der Waals surface area contributed by atoms with Crippen LogP contribution < -0.4 is 4.90 Å². The molecule has 1 aliphatic rings. The molecular formula is C8H8ClN3O. The number of nitrogens with zero attached hydrogens (tertiary/aromatic N) is 3. The molecule has 0 saturated carbocycles. The summed E-state index contributed by atoms with van der Waals surface area (Å²) in [6.07, 6.45) is 0.310. The van der Waals surface area contributed by atoms with Crippen LogP contribution in [0.15, 0.2) is 0 Å². The first-order valence-electron chi connectivity index (χ1n) is 3.89. The van der Waals surface area contributed by atoms with Crippen molar-refractivity contribution in [2.24, 2.45) is 0 Å². The van der Waals surface area contributed by atoms with Crippen molar-refractivity contribution in [1.82, 2.24) is 9.97 Å². The highest BCUT2D eigenvalue weighted by Crippen LogP contribution is 2.29. The van der Waals surface area contributed by atoms with Crippen molar-refractivity contribution in [2.45, 2.75) is 13.3 Å². The van der Waals surface area contributed by atoms with Gasteiger partial charge in [0.15, 0.2) is 0 Å². The summed E-state index contributed by atoms with van der Waals surface area (Å²) >= 11 is 5.88. The number of likely N-dealkylation sites (N-methyl/N-ethyl adjacent to an activating group) is 1. The van der Waals surface area contributed by atoms with E-state index < -0.39 is 0 Å². The van der Waals surface area contributed by atoms with Gasteiger partial charge in [-0.25, -0.2) is 9.97 Å². The number of carbonyl (C=O) groups excluding carboxylic acids is 1. The summed E-state index contributed by atoms with van der Waals surface area (Å²) in [5.74, 6) is 1.24. The minimum absolute atomic E-state index is 0.0109. The van der Waals surface area contributed by atoms with Gasteiger partial charge in [0.25, 0.3) is 0 Å². The van der Waals surface area contributed by atoms with Crippen LogP contribution in [-0.2, 0) is 11.2 Å². The number of hydrogen-bond acceptors (Lipinski definition) is 3. The lowest BCUT2D eigenvalue weighted by atomic mass is 10.3. The molecule has 5 heteroatoms. The molecule has 4 nitrogen and oxygen atoms in total. The largest absolute Gasteiger partial charge is 0.299 e. The van der Waals surface area contributed by atoms with E-state index in [9.17, 15) is 4.79 Å². The molecule has 0 radical (unpaired) electrons. The summed E-state index contributed by atoms with van der Waals surface area (Å²) in [6.45, 7) is 1.75. The van der Waals surface area contributed by atoms with Crippen LogP contribution >= 0.6 is 11.6 Å². The van der Waals surface area contributed by atoms with Crippen LogP contribution in [0.5, 0.6) is 0 Å². The van der Waals surface area contributed by atoms with Gasteiger partial charge in [-0.3, -0.25) is 9.69 Å². The molecule has 0 unspecified atom stereocenters. The molecular weight excluding hydrogens is 190 g/mol. The second kappa shape index (κ2) is 2.67. The van der Waals surface area contributed by atoms with Crippen LogP contribution in [0.3, 0.4) is 0 Å². The van der Waals surface area contributed by atoms with Gasteiger partial charge in [-0.2, -0.15) is 0 Å². The van der Waals surface area contributed by atoms with Crippen molar-refractivity contribution in [1.29, 1.82) is 0 Å². The van der Waals surface area contributed by atoms with E-state index in [0.717, 1.165) is 5.56 Å². The number of halogens is 1. The Hall–Kier alpha value is -1.16. The van der Waals surface area contributed by atoms with E-state index in [-0.39, 0.29) is 5.91 Å². The molecule has 0 saturated heterocycles. The maximum atomic E-state index is 11.3. The van der Waals surface area contributed by atoms with Crippen LogP contribution in [0.1, 0.15) is 11.4 Å². The Morgan fingerprint density at radius 3 is 2.85 bits per heavy atom. The molecule has 0 aliphatic carbocycles. The molecule has 0 atom stereocenters. The fourth-order valence-electron chi connectivity index (χ4n) is 1.36. The van der Waals surface area contributed by atoms with E-state index in [1.807, 2.05) is 0 Å². The minimum Gasteiger partial charge on any atom is -0.299 e. The Morgan fingerprint density at radius 2 is 2.15 bits per heavy atom. The van der Waals surface area contributed by atoms with Gasteiger partial charge in [-0.1, -0.05) is 11.6 Å². The molecule has 0 aromatic carbocycles.